The van der Waals surface area contributed by atoms with E-state index in [2.05, 4.69) is 5.32 Å². The van der Waals surface area contributed by atoms with Crippen molar-refractivity contribution in [1.82, 2.24) is 10.2 Å². The number of imide groups is 1. The molecular weight excluding hydrogens is 350 g/mol. The molecule has 0 saturated heterocycles. The number of carbonyl (C=O) groups excluding carboxylic acids is 3. The summed E-state index contributed by atoms with van der Waals surface area (Å²) in [4.78, 5) is 48.3. The molecule has 8 nitrogen and oxygen atoms in total. The number of fused-ring (bicyclic) bond motifs is 1. The maximum Gasteiger partial charge on any atom is 0.282 e. The molecule has 0 aliphatic carbocycles. The molecule has 8 heteroatoms. The fourth-order valence-corrected chi connectivity index (χ4v) is 3.02. The maximum absolute atomic E-state index is 12.5. The molecule has 0 fully saturated rings. The summed E-state index contributed by atoms with van der Waals surface area (Å²) in [5.41, 5.74) is 0.301. The van der Waals surface area contributed by atoms with Gasteiger partial charge in [-0.1, -0.05) is 36.4 Å². The fourth-order valence-electron chi connectivity index (χ4n) is 3.02. The molecule has 3 amide bonds. The van der Waals surface area contributed by atoms with Crippen LogP contribution in [0.3, 0.4) is 0 Å². The van der Waals surface area contributed by atoms with E-state index >= 15 is 0 Å². The Morgan fingerprint density at radius 1 is 1.11 bits per heavy atom. The summed E-state index contributed by atoms with van der Waals surface area (Å²) < 4.78 is 0. The van der Waals surface area contributed by atoms with Crippen LogP contribution in [-0.2, 0) is 4.79 Å². The lowest BCUT2D eigenvalue weighted by atomic mass is 10.1. The number of nitro groups is 1. The molecule has 1 aliphatic rings. The van der Waals surface area contributed by atoms with E-state index in [1.165, 1.54) is 18.2 Å². The highest BCUT2D eigenvalue weighted by Gasteiger charge is 2.40. The summed E-state index contributed by atoms with van der Waals surface area (Å²) in [5.74, 6) is -1.69. The third-order valence-electron chi connectivity index (χ3n) is 4.41. The third kappa shape index (κ3) is 3.55. The molecule has 0 aromatic heterocycles. The number of nitrogens with zero attached hydrogens (tertiary/aromatic N) is 2. The molecule has 1 atom stereocenters. The highest BCUT2D eigenvalue weighted by atomic mass is 16.6. The first-order chi connectivity index (χ1) is 12.9. The quantitative estimate of drug-likeness (QED) is 0.479. The average Bonchev–Trinajstić information content (AvgIpc) is 2.91. The molecule has 3 rings (SSSR count). The zero-order valence-electron chi connectivity index (χ0n) is 14.5. The van der Waals surface area contributed by atoms with Crippen LogP contribution in [0.1, 0.15) is 45.7 Å². The molecular formula is C19H17N3O5. The van der Waals surface area contributed by atoms with Gasteiger partial charge in [0.25, 0.3) is 17.5 Å². The SMILES string of the molecule is C[C@@H](NC(=O)CCN1C(=O)c2cccc([N+](=O)[O-])c2C1=O)c1ccccc1. The van der Waals surface area contributed by atoms with Crippen molar-refractivity contribution < 1.29 is 19.3 Å². The van der Waals surface area contributed by atoms with Gasteiger partial charge in [0.05, 0.1) is 16.5 Å². The smallest absolute Gasteiger partial charge is 0.282 e. The highest BCUT2D eigenvalue weighted by molar-refractivity contribution is 6.23. The molecule has 138 valence electrons. The zero-order valence-corrected chi connectivity index (χ0v) is 14.5. The van der Waals surface area contributed by atoms with Crippen LogP contribution in [0.25, 0.3) is 0 Å². The van der Waals surface area contributed by atoms with Gasteiger partial charge in [0.2, 0.25) is 5.91 Å². The van der Waals surface area contributed by atoms with Crippen molar-refractivity contribution >= 4 is 23.4 Å². The molecule has 1 heterocycles. The van der Waals surface area contributed by atoms with E-state index in [1.807, 2.05) is 37.3 Å². The van der Waals surface area contributed by atoms with Gasteiger partial charge in [0.15, 0.2) is 0 Å². The molecule has 0 spiro atoms. The van der Waals surface area contributed by atoms with E-state index in [1.54, 1.807) is 0 Å². The standard InChI is InChI=1S/C19H17N3O5/c1-12(13-6-3-2-4-7-13)20-16(23)10-11-21-18(24)14-8-5-9-15(22(26)27)17(14)19(21)25/h2-9,12H,10-11H2,1H3,(H,20,23)/t12-/m1/s1. The van der Waals surface area contributed by atoms with Gasteiger partial charge in [-0.3, -0.25) is 29.4 Å². The third-order valence-corrected chi connectivity index (χ3v) is 4.41. The van der Waals surface area contributed by atoms with Gasteiger partial charge in [0.1, 0.15) is 5.56 Å². The number of hydrogen-bond acceptors (Lipinski definition) is 5. The highest BCUT2D eigenvalue weighted by Crippen LogP contribution is 2.30. The molecule has 2 aromatic rings. The van der Waals surface area contributed by atoms with E-state index in [9.17, 15) is 24.5 Å². The van der Waals surface area contributed by atoms with Crippen LogP contribution in [0.2, 0.25) is 0 Å². The summed E-state index contributed by atoms with van der Waals surface area (Å²) >= 11 is 0. The van der Waals surface area contributed by atoms with Gasteiger partial charge in [-0.15, -0.1) is 0 Å². The van der Waals surface area contributed by atoms with Crippen LogP contribution in [0.4, 0.5) is 5.69 Å². The van der Waals surface area contributed by atoms with Crippen LogP contribution in [0, 0.1) is 10.1 Å². The Kier molecular flexibility index (Phi) is 4.98. The molecule has 0 unspecified atom stereocenters. The van der Waals surface area contributed by atoms with Gasteiger partial charge in [-0.25, -0.2) is 0 Å². The van der Waals surface area contributed by atoms with Gasteiger partial charge in [0, 0.05) is 19.0 Å². The van der Waals surface area contributed by atoms with Crippen LogP contribution in [0.15, 0.2) is 48.5 Å². The lowest BCUT2D eigenvalue weighted by molar-refractivity contribution is -0.385. The van der Waals surface area contributed by atoms with Crippen molar-refractivity contribution in [2.24, 2.45) is 0 Å². The van der Waals surface area contributed by atoms with Crippen LogP contribution in [-0.4, -0.2) is 34.1 Å². The number of rotatable bonds is 6. The Labute approximate surface area is 154 Å². The molecule has 1 N–H and O–H groups in total. The second kappa shape index (κ2) is 7.36. The fraction of sp³-hybridized carbons (Fsp3) is 0.211. The van der Waals surface area contributed by atoms with Gasteiger partial charge >= 0.3 is 0 Å². The lowest BCUT2D eigenvalue weighted by Gasteiger charge is -2.16. The summed E-state index contributed by atoms with van der Waals surface area (Å²) in [7, 11) is 0. The Morgan fingerprint density at radius 3 is 2.48 bits per heavy atom. The summed E-state index contributed by atoms with van der Waals surface area (Å²) in [6.07, 6.45) is -0.0869. The number of amides is 3. The molecule has 2 aromatic carbocycles. The van der Waals surface area contributed by atoms with Gasteiger partial charge < -0.3 is 5.32 Å². The first-order valence-corrected chi connectivity index (χ1v) is 8.38. The van der Waals surface area contributed by atoms with E-state index in [0.29, 0.717) is 0 Å². The first-order valence-electron chi connectivity index (χ1n) is 8.38. The molecule has 0 bridgehead atoms. The predicted molar refractivity (Wildman–Crippen MR) is 96.1 cm³/mol. The summed E-state index contributed by atoms with van der Waals surface area (Å²) in [6, 6.07) is 13.1. The number of nitro benzene ring substituents is 1. The molecule has 0 radical (unpaired) electrons. The zero-order chi connectivity index (χ0) is 19.6. The van der Waals surface area contributed by atoms with Gasteiger partial charge in [-0.05, 0) is 18.6 Å². The van der Waals surface area contributed by atoms with Crippen LogP contribution in [0.5, 0.6) is 0 Å². The normalized spacial score (nSPS) is 14.0. The molecule has 27 heavy (non-hydrogen) atoms. The van der Waals surface area contributed by atoms with Crippen molar-refractivity contribution in [2.45, 2.75) is 19.4 Å². The Balaban J connectivity index is 1.66. The van der Waals surface area contributed by atoms with E-state index in [-0.39, 0.29) is 36.0 Å². The van der Waals surface area contributed by atoms with Crippen LogP contribution < -0.4 is 5.32 Å². The monoisotopic (exact) mass is 367 g/mol. The summed E-state index contributed by atoms with van der Waals surface area (Å²) in [6.45, 7) is 1.69. The van der Waals surface area contributed by atoms with E-state index in [4.69, 9.17) is 0 Å². The van der Waals surface area contributed by atoms with Crippen LogP contribution >= 0.6 is 0 Å². The van der Waals surface area contributed by atoms with Crippen molar-refractivity contribution in [1.29, 1.82) is 0 Å². The Hall–Kier alpha value is -3.55. The minimum Gasteiger partial charge on any atom is -0.350 e. The Morgan fingerprint density at radius 2 is 1.81 bits per heavy atom. The minimum atomic E-state index is -0.744. The summed E-state index contributed by atoms with van der Waals surface area (Å²) in [5, 5.41) is 13.9. The largest absolute Gasteiger partial charge is 0.350 e. The van der Waals surface area contributed by atoms with Crippen molar-refractivity contribution in [2.75, 3.05) is 6.54 Å². The molecule has 1 aliphatic heterocycles. The first kappa shape index (κ1) is 18.2. The second-order valence-corrected chi connectivity index (χ2v) is 6.17. The number of nitrogens with one attached hydrogen (secondary N) is 1. The number of carbonyl (C=O) groups is 3. The number of benzene rings is 2. The molecule has 0 saturated carbocycles. The average molecular weight is 367 g/mol. The lowest BCUT2D eigenvalue weighted by Crippen LogP contribution is -2.35. The number of hydrogen-bond donors (Lipinski definition) is 1. The maximum atomic E-state index is 12.5. The van der Waals surface area contributed by atoms with Crippen molar-refractivity contribution in [3.63, 3.8) is 0 Å². The second-order valence-electron chi connectivity index (χ2n) is 6.17. The van der Waals surface area contributed by atoms with Gasteiger partial charge in [-0.2, -0.15) is 0 Å². The van der Waals surface area contributed by atoms with E-state index in [0.717, 1.165) is 10.5 Å². The van der Waals surface area contributed by atoms with E-state index < -0.39 is 22.4 Å². The van der Waals surface area contributed by atoms with Crippen molar-refractivity contribution in [3.05, 3.63) is 75.3 Å². The predicted octanol–water partition coefficient (Wildman–Crippen LogP) is 2.46. The topological polar surface area (TPSA) is 110 Å². The minimum absolute atomic E-state index is 0.00717. The Bertz CT molecular complexity index is 926. The van der Waals surface area contributed by atoms with Crippen molar-refractivity contribution in [3.8, 4) is 0 Å².